The van der Waals surface area contributed by atoms with E-state index in [-0.39, 0.29) is 27.7 Å². The van der Waals surface area contributed by atoms with Gasteiger partial charge in [-0.25, -0.2) is 0 Å². The lowest BCUT2D eigenvalue weighted by molar-refractivity contribution is -0.139. The van der Waals surface area contributed by atoms with Crippen LogP contribution in [0.2, 0.25) is 0 Å². The van der Waals surface area contributed by atoms with Crippen LogP contribution in [-0.4, -0.2) is 10.9 Å². The first kappa shape index (κ1) is 15.1. The minimum absolute atomic E-state index is 0.183. The average Bonchev–Trinajstić information content (AvgIpc) is 3.17. The van der Waals surface area contributed by atoms with E-state index >= 15 is 0 Å². The van der Waals surface area contributed by atoms with Crippen molar-refractivity contribution in [1.82, 2.24) is 5.16 Å². The average molecular weight is 327 g/mol. The van der Waals surface area contributed by atoms with Crippen molar-refractivity contribution >= 4 is 18.4 Å². The minimum atomic E-state index is -4.50. The van der Waals surface area contributed by atoms with Crippen LogP contribution in [0.5, 0.6) is 0 Å². The smallest absolute Gasteiger partial charge is 0.360 e. The zero-order chi connectivity index (χ0) is 16.1. The van der Waals surface area contributed by atoms with Crippen LogP contribution in [0.15, 0.2) is 27.7 Å². The molecule has 1 heterocycles. The Hall–Kier alpha value is -1.76. The Balaban J connectivity index is 2.03. The maximum Gasteiger partial charge on any atom is 0.417 e. The third-order valence-corrected chi connectivity index (χ3v) is 4.35. The highest BCUT2D eigenvalue weighted by Gasteiger charge is 2.36. The third-order valence-electron chi connectivity index (χ3n) is 3.77. The second-order valence-corrected chi connectivity index (χ2v) is 5.79. The summed E-state index contributed by atoms with van der Waals surface area (Å²) >= 11 is 3.93. The Kier molecular flexibility index (Phi) is 3.55. The Bertz CT molecular complexity index is 748. The van der Waals surface area contributed by atoms with Gasteiger partial charge in [-0.05, 0) is 31.4 Å². The Morgan fingerprint density at radius 3 is 2.59 bits per heavy atom. The van der Waals surface area contributed by atoms with Crippen LogP contribution in [0.4, 0.5) is 13.2 Å². The molecule has 1 aromatic heterocycles. The molecule has 22 heavy (non-hydrogen) atoms. The molecule has 0 saturated heterocycles. The van der Waals surface area contributed by atoms with Crippen molar-refractivity contribution in [2.24, 2.45) is 0 Å². The fraction of sp³-hybridized carbons (Fsp3) is 0.333. The molecule has 2 aromatic rings. The summed E-state index contributed by atoms with van der Waals surface area (Å²) in [5.74, 6) is 0.321. The molecular formula is C15H12F3NO2S. The van der Waals surface area contributed by atoms with Gasteiger partial charge in [0, 0.05) is 16.4 Å². The number of alkyl halides is 3. The number of nitrogens with zero attached hydrogens (tertiary/aromatic N) is 1. The second kappa shape index (κ2) is 5.15. The fourth-order valence-electron chi connectivity index (χ4n) is 2.38. The minimum Gasteiger partial charge on any atom is -0.360 e. The molecular weight excluding hydrogens is 315 g/mol. The van der Waals surface area contributed by atoms with Crippen molar-refractivity contribution in [1.29, 1.82) is 0 Å². The Morgan fingerprint density at radius 2 is 2.00 bits per heavy atom. The van der Waals surface area contributed by atoms with Crippen molar-refractivity contribution in [3.63, 3.8) is 0 Å². The third kappa shape index (κ3) is 2.54. The number of rotatable bonds is 3. The highest BCUT2D eigenvalue weighted by atomic mass is 32.1. The molecule has 1 aromatic carbocycles. The first-order valence-corrected chi connectivity index (χ1v) is 7.14. The lowest BCUT2D eigenvalue weighted by atomic mass is 9.96. The van der Waals surface area contributed by atoms with Crippen molar-refractivity contribution < 1.29 is 22.5 Å². The van der Waals surface area contributed by atoms with Crippen LogP contribution in [0.25, 0.3) is 0 Å². The molecule has 0 bridgehead atoms. The molecule has 3 rings (SSSR count). The predicted octanol–water partition coefficient (Wildman–Crippen LogP) is 4.40. The van der Waals surface area contributed by atoms with Gasteiger partial charge in [-0.3, -0.25) is 4.79 Å². The van der Waals surface area contributed by atoms with Crippen molar-refractivity contribution in [3.8, 4) is 0 Å². The number of ketones is 1. The first-order valence-electron chi connectivity index (χ1n) is 6.69. The predicted molar refractivity (Wildman–Crippen MR) is 75.3 cm³/mol. The van der Waals surface area contributed by atoms with Crippen molar-refractivity contribution in [3.05, 3.63) is 46.3 Å². The van der Waals surface area contributed by atoms with E-state index in [2.05, 4.69) is 17.8 Å². The Labute approximate surface area is 129 Å². The van der Waals surface area contributed by atoms with Crippen molar-refractivity contribution in [2.75, 3.05) is 0 Å². The lowest BCUT2D eigenvalue weighted by Crippen LogP contribution is -2.11. The summed E-state index contributed by atoms with van der Waals surface area (Å²) in [4.78, 5) is 12.3. The molecule has 0 spiro atoms. The van der Waals surface area contributed by atoms with Crippen LogP contribution < -0.4 is 0 Å². The summed E-state index contributed by atoms with van der Waals surface area (Å²) in [6, 6.07) is 2.07. The normalized spacial score (nSPS) is 15.1. The standard InChI is InChI=1S/C15H12F3NO2S/c1-7-9(4-5-11(14(7)22)15(16,17)18)12(20)10-6-19-21-13(10)8-2-3-8/h4-6,8,22H,2-3H2,1H3. The zero-order valence-corrected chi connectivity index (χ0v) is 12.5. The van der Waals surface area contributed by atoms with Crippen LogP contribution in [0.3, 0.4) is 0 Å². The molecule has 116 valence electrons. The van der Waals surface area contributed by atoms with E-state index in [1.54, 1.807) is 0 Å². The number of carbonyl (C=O) groups is 1. The molecule has 0 aliphatic heterocycles. The van der Waals surface area contributed by atoms with Crippen LogP contribution in [0, 0.1) is 6.92 Å². The van der Waals surface area contributed by atoms with Crippen LogP contribution in [-0.2, 0) is 6.18 Å². The number of halogens is 3. The number of aromatic nitrogens is 1. The van der Waals surface area contributed by atoms with Crippen LogP contribution >= 0.6 is 12.6 Å². The summed E-state index contributed by atoms with van der Waals surface area (Å²) in [6.07, 6.45) is -1.32. The summed E-state index contributed by atoms with van der Waals surface area (Å²) in [5.41, 5.74) is -0.148. The number of benzene rings is 1. The van der Waals surface area contributed by atoms with E-state index in [1.165, 1.54) is 19.2 Å². The van der Waals surface area contributed by atoms with E-state index in [0.29, 0.717) is 11.3 Å². The number of carbonyl (C=O) groups excluding carboxylic acids is 1. The summed E-state index contributed by atoms with van der Waals surface area (Å²) in [7, 11) is 0. The molecule has 0 N–H and O–H groups in total. The fourth-order valence-corrected chi connectivity index (χ4v) is 2.70. The molecule has 7 heteroatoms. The first-order chi connectivity index (χ1) is 10.3. The largest absolute Gasteiger partial charge is 0.417 e. The number of hydrogen-bond donors (Lipinski definition) is 1. The van der Waals surface area contributed by atoms with Crippen LogP contribution in [0.1, 0.15) is 51.6 Å². The van der Waals surface area contributed by atoms with Gasteiger partial charge in [-0.1, -0.05) is 11.2 Å². The van der Waals surface area contributed by atoms with Gasteiger partial charge < -0.3 is 4.52 Å². The topological polar surface area (TPSA) is 43.1 Å². The summed E-state index contributed by atoms with van der Waals surface area (Å²) in [6.45, 7) is 1.45. The highest BCUT2D eigenvalue weighted by molar-refractivity contribution is 7.80. The molecule has 1 aliphatic carbocycles. The van der Waals surface area contributed by atoms with E-state index in [0.717, 1.165) is 18.9 Å². The van der Waals surface area contributed by atoms with E-state index < -0.39 is 11.7 Å². The van der Waals surface area contributed by atoms with Gasteiger partial charge in [0.1, 0.15) is 0 Å². The maximum absolute atomic E-state index is 12.9. The molecule has 0 unspecified atom stereocenters. The van der Waals surface area contributed by atoms with Gasteiger partial charge in [-0.2, -0.15) is 13.2 Å². The van der Waals surface area contributed by atoms with E-state index in [9.17, 15) is 18.0 Å². The summed E-state index contributed by atoms with van der Waals surface area (Å²) in [5, 5.41) is 3.64. The molecule has 0 amide bonds. The Morgan fingerprint density at radius 1 is 1.32 bits per heavy atom. The second-order valence-electron chi connectivity index (χ2n) is 5.34. The lowest BCUT2D eigenvalue weighted by Gasteiger charge is -2.14. The molecule has 1 saturated carbocycles. The van der Waals surface area contributed by atoms with Gasteiger partial charge >= 0.3 is 6.18 Å². The molecule has 0 radical (unpaired) electrons. The number of hydrogen-bond acceptors (Lipinski definition) is 4. The molecule has 1 aliphatic rings. The summed E-state index contributed by atoms with van der Waals surface area (Å²) < 4.78 is 43.7. The van der Waals surface area contributed by atoms with E-state index in [4.69, 9.17) is 4.52 Å². The highest BCUT2D eigenvalue weighted by Crippen LogP contribution is 2.42. The molecule has 3 nitrogen and oxygen atoms in total. The monoisotopic (exact) mass is 327 g/mol. The van der Waals surface area contributed by atoms with Gasteiger partial charge in [0.2, 0.25) is 0 Å². The zero-order valence-electron chi connectivity index (χ0n) is 11.6. The number of thiol groups is 1. The van der Waals surface area contributed by atoms with Gasteiger partial charge in [0.25, 0.3) is 0 Å². The van der Waals surface area contributed by atoms with E-state index in [1.807, 2.05) is 0 Å². The molecule has 1 fully saturated rings. The SMILES string of the molecule is Cc1c(C(=O)c2cnoc2C2CC2)ccc(C(F)(F)F)c1S. The van der Waals surface area contributed by atoms with Gasteiger partial charge in [0.05, 0.1) is 17.3 Å². The van der Waals surface area contributed by atoms with Gasteiger partial charge in [-0.15, -0.1) is 12.6 Å². The van der Waals surface area contributed by atoms with Crippen molar-refractivity contribution in [2.45, 2.75) is 36.8 Å². The quantitative estimate of drug-likeness (QED) is 0.671. The molecule has 0 atom stereocenters. The maximum atomic E-state index is 12.9. The van der Waals surface area contributed by atoms with Gasteiger partial charge in [0.15, 0.2) is 11.5 Å².